The molecule has 186 valence electrons. The summed E-state index contributed by atoms with van der Waals surface area (Å²) in [6.45, 7) is 23.7. The van der Waals surface area contributed by atoms with Crippen molar-refractivity contribution in [3.8, 4) is 0 Å². The molecule has 0 saturated heterocycles. The first-order chi connectivity index (χ1) is 15.4. The normalized spacial score (nSPS) is 13.6. The fourth-order valence-electron chi connectivity index (χ4n) is 3.50. The third-order valence-electron chi connectivity index (χ3n) is 5.83. The van der Waals surface area contributed by atoms with E-state index in [2.05, 4.69) is 91.8 Å². The van der Waals surface area contributed by atoms with Gasteiger partial charge in [-0.3, -0.25) is 10.1 Å². The van der Waals surface area contributed by atoms with Crippen LogP contribution in [0.3, 0.4) is 0 Å². The summed E-state index contributed by atoms with van der Waals surface area (Å²) in [6.07, 6.45) is 5.67. The summed E-state index contributed by atoms with van der Waals surface area (Å²) in [7, 11) is 0. The second kappa shape index (κ2) is 11.6. The molecule has 0 atom stereocenters. The molecule has 0 aromatic heterocycles. The Labute approximate surface area is 208 Å². The largest absolute Gasteiger partial charge is 0.273 e. The monoisotopic (exact) mass is 463 g/mol. The van der Waals surface area contributed by atoms with Gasteiger partial charge in [0.15, 0.2) is 0 Å². The molecule has 0 N–H and O–H groups in total. The second-order valence-electron chi connectivity index (χ2n) is 12.3. The first-order valence-corrected chi connectivity index (χ1v) is 12.1. The van der Waals surface area contributed by atoms with Gasteiger partial charge in [-0.15, -0.1) is 0 Å². The first kappa shape index (κ1) is 29.4. The highest BCUT2D eigenvalue weighted by atomic mass is 16.6. The standard InChI is InChI=1S/C11H16.C10H13NO2.C10H16/c1-9-5-7-10(8-6-9)11(2,3)4;1-10(2,3)8-6-4-5-7-9(8)11(12)13;1-8-5-6-9(7-8)10(2,3)4/h5-8H,1-4H3;4-7H,1-3H3;5-6H,7H2,1-4H3. The molecule has 0 heterocycles. The average Bonchev–Trinajstić information content (AvgIpc) is 3.15. The molecule has 2 aromatic carbocycles. The average molecular weight is 464 g/mol. The number of allylic oxidation sites excluding steroid dienone is 4. The summed E-state index contributed by atoms with van der Waals surface area (Å²) in [5, 5.41) is 10.7. The van der Waals surface area contributed by atoms with Crippen LogP contribution in [-0.2, 0) is 10.8 Å². The Bertz CT molecular complexity index is 1010. The molecule has 3 rings (SSSR count). The van der Waals surface area contributed by atoms with Gasteiger partial charge >= 0.3 is 0 Å². The van der Waals surface area contributed by atoms with E-state index in [1.807, 2.05) is 26.8 Å². The van der Waals surface area contributed by atoms with Crippen molar-refractivity contribution in [2.75, 3.05) is 0 Å². The van der Waals surface area contributed by atoms with Crippen molar-refractivity contribution in [2.24, 2.45) is 5.41 Å². The molecule has 1 aliphatic rings. The molecule has 1 aliphatic carbocycles. The molecule has 0 radical (unpaired) electrons. The van der Waals surface area contributed by atoms with E-state index in [0.29, 0.717) is 5.41 Å². The van der Waals surface area contributed by atoms with Gasteiger partial charge < -0.3 is 0 Å². The number of para-hydroxylation sites is 1. The zero-order chi connectivity index (χ0) is 26.3. The van der Waals surface area contributed by atoms with Crippen LogP contribution in [-0.4, -0.2) is 4.92 Å². The van der Waals surface area contributed by atoms with Gasteiger partial charge in [0.05, 0.1) is 4.92 Å². The summed E-state index contributed by atoms with van der Waals surface area (Å²) >= 11 is 0. The molecule has 0 amide bonds. The van der Waals surface area contributed by atoms with Crippen LogP contribution < -0.4 is 0 Å². The molecule has 0 aliphatic heterocycles. The Kier molecular flexibility index (Phi) is 10.0. The van der Waals surface area contributed by atoms with Crippen LogP contribution in [0, 0.1) is 22.5 Å². The van der Waals surface area contributed by atoms with Crippen molar-refractivity contribution in [3.63, 3.8) is 0 Å². The summed E-state index contributed by atoms with van der Waals surface area (Å²) in [6, 6.07) is 15.6. The van der Waals surface area contributed by atoms with Crippen LogP contribution >= 0.6 is 0 Å². The van der Waals surface area contributed by atoms with Crippen molar-refractivity contribution >= 4 is 5.69 Å². The third kappa shape index (κ3) is 9.67. The molecule has 0 spiro atoms. The Balaban J connectivity index is 0.000000257. The molecule has 2 aromatic rings. The van der Waals surface area contributed by atoms with E-state index in [9.17, 15) is 10.1 Å². The zero-order valence-electron chi connectivity index (χ0n) is 23.2. The van der Waals surface area contributed by atoms with Crippen LogP contribution in [0.4, 0.5) is 5.69 Å². The molecule has 0 unspecified atom stereocenters. The summed E-state index contributed by atoms with van der Waals surface area (Å²) in [4.78, 5) is 10.3. The minimum atomic E-state index is -0.333. The van der Waals surface area contributed by atoms with Gasteiger partial charge in [-0.1, -0.05) is 134 Å². The van der Waals surface area contributed by atoms with Gasteiger partial charge in [-0.2, -0.15) is 0 Å². The van der Waals surface area contributed by atoms with E-state index >= 15 is 0 Å². The fraction of sp³-hybridized carbons (Fsp3) is 0.484. The van der Waals surface area contributed by atoms with Gasteiger partial charge in [-0.05, 0) is 42.1 Å². The number of nitro groups is 1. The lowest BCUT2D eigenvalue weighted by Gasteiger charge is -2.20. The van der Waals surface area contributed by atoms with E-state index in [4.69, 9.17) is 0 Å². The zero-order valence-corrected chi connectivity index (χ0v) is 23.2. The topological polar surface area (TPSA) is 43.1 Å². The molecule has 0 saturated carbocycles. The smallest absolute Gasteiger partial charge is 0.258 e. The molecule has 3 heteroatoms. The SMILES string of the molecule is CC(C)(C)c1ccccc1[N+](=O)[O-].CC1=CC=C(C(C)(C)C)C1.Cc1ccc(C(C)(C)C)cc1. The van der Waals surface area contributed by atoms with E-state index < -0.39 is 0 Å². The summed E-state index contributed by atoms with van der Waals surface area (Å²) < 4.78 is 0. The van der Waals surface area contributed by atoms with Crippen LogP contribution in [0.25, 0.3) is 0 Å². The lowest BCUT2D eigenvalue weighted by atomic mass is 9.85. The number of benzene rings is 2. The maximum Gasteiger partial charge on any atom is 0.273 e. The van der Waals surface area contributed by atoms with Crippen molar-refractivity contribution in [1.82, 2.24) is 0 Å². The number of hydrogen-bond acceptors (Lipinski definition) is 2. The molecule has 0 bridgehead atoms. The third-order valence-corrected chi connectivity index (χ3v) is 5.83. The molecule has 0 fully saturated rings. The van der Waals surface area contributed by atoms with Gasteiger partial charge in [0.2, 0.25) is 0 Å². The predicted octanol–water partition coefficient (Wildman–Crippen LogP) is 9.49. The van der Waals surface area contributed by atoms with Crippen LogP contribution in [0.15, 0.2) is 71.8 Å². The van der Waals surface area contributed by atoms with E-state index in [1.165, 1.54) is 23.1 Å². The maximum absolute atomic E-state index is 10.7. The first-order valence-electron chi connectivity index (χ1n) is 12.1. The second-order valence-corrected chi connectivity index (χ2v) is 12.3. The number of rotatable bonds is 1. The van der Waals surface area contributed by atoms with Crippen LogP contribution in [0.5, 0.6) is 0 Å². The molecule has 34 heavy (non-hydrogen) atoms. The number of nitrogens with zero attached hydrogens (tertiary/aromatic N) is 1. The van der Waals surface area contributed by atoms with Gasteiger partial charge in [-0.25, -0.2) is 0 Å². The lowest BCUT2D eigenvalue weighted by molar-refractivity contribution is -0.386. The highest BCUT2D eigenvalue weighted by Gasteiger charge is 2.23. The fourth-order valence-corrected chi connectivity index (χ4v) is 3.50. The molecule has 3 nitrogen and oxygen atoms in total. The minimum Gasteiger partial charge on any atom is -0.258 e. The Morgan fingerprint density at radius 1 is 0.706 bits per heavy atom. The van der Waals surface area contributed by atoms with Crippen molar-refractivity contribution in [3.05, 3.63) is 98.6 Å². The molecular weight excluding hydrogens is 418 g/mol. The highest BCUT2D eigenvalue weighted by molar-refractivity contribution is 5.44. The van der Waals surface area contributed by atoms with Gasteiger partial charge in [0.25, 0.3) is 5.69 Å². The Hall–Kier alpha value is -2.68. The van der Waals surface area contributed by atoms with E-state index in [-0.39, 0.29) is 21.4 Å². The van der Waals surface area contributed by atoms with Gasteiger partial charge in [0, 0.05) is 11.6 Å². The van der Waals surface area contributed by atoms with Crippen molar-refractivity contribution < 1.29 is 4.92 Å². The number of hydrogen-bond donors (Lipinski definition) is 0. The quantitative estimate of drug-likeness (QED) is 0.312. The van der Waals surface area contributed by atoms with E-state index in [1.54, 1.807) is 23.8 Å². The van der Waals surface area contributed by atoms with Crippen molar-refractivity contribution in [2.45, 2.75) is 93.4 Å². The number of aryl methyl sites for hydroxylation is 1. The summed E-state index contributed by atoms with van der Waals surface area (Å²) in [5.41, 5.74) is 7.25. The Morgan fingerprint density at radius 2 is 1.24 bits per heavy atom. The van der Waals surface area contributed by atoms with Crippen molar-refractivity contribution in [1.29, 1.82) is 0 Å². The van der Waals surface area contributed by atoms with Crippen LogP contribution in [0.1, 0.15) is 92.3 Å². The van der Waals surface area contributed by atoms with Crippen LogP contribution in [0.2, 0.25) is 0 Å². The highest BCUT2D eigenvalue weighted by Crippen LogP contribution is 2.33. The summed E-state index contributed by atoms with van der Waals surface area (Å²) in [5.74, 6) is 0. The Morgan fingerprint density at radius 3 is 1.56 bits per heavy atom. The maximum atomic E-state index is 10.7. The van der Waals surface area contributed by atoms with E-state index in [0.717, 1.165) is 5.56 Å². The van der Waals surface area contributed by atoms with Gasteiger partial charge in [0.1, 0.15) is 0 Å². The molecular formula is C31H45NO2. The lowest BCUT2D eigenvalue weighted by Crippen LogP contribution is -2.13. The minimum absolute atomic E-state index is 0.177. The predicted molar refractivity (Wildman–Crippen MR) is 148 cm³/mol. The number of nitro benzene ring substituents is 1.